The predicted octanol–water partition coefficient (Wildman–Crippen LogP) is 3.30. The van der Waals surface area contributed by atoms with Crippen molar-refractivity contribution in [2.45, 2.75) is 33.2 Å². The third kappa shape index (κ3) is 5.11. The Kier molecular flexibility index (Phi) is 9.13. The van der Waals surface area contributed by atoms with Gasteiger partial charge in [-0.1, -0.05) is 0 Å². The van der Waals surface area contributed by atoms with Crippen molar-refractivity contribution >= 4 is 8.80 Å². The normalized spacial score (nSPS) is 11.4. The maximum Gasteiger partial charge on any atom is 0.501 e. The Morgan fingerprint density at radius 2 is 1.25 bits per heavy atom. The van der Waals surface area contributed by atoms with Crippen LogP contribution < -0.4 is 14.2 Å². The minimum absolute atomic E-state index is 0.554. The van der Waals surface area contributed by atoms with Crippen molar-refractivity contribution in [1.82, 2.24) is 0 Å². The van der Waals surface area contributed by atoms with Crippen LogP contribution in [0.25, 0.3) is 0 Å². The lowest BCUT2D eigenvalue weighted by Crippen LogP contribution is -2.46. The van der Waals surface area contributed by atoms with Crippen molar-refractivity contribution < 1.29 is 27.5 Å². The van der Waals surface area contributed by atoms with E-state index in [0.29, 0.717) is 43.8 Å². The van der Waals surface area contributed by atoms with Crippen molar-refractivity contribution in [1.29, 1.82) is 0 Å². The minimum atomic E-state index is -2.73. The maximum absolute atomic E-state index is 5.92. The molecule has 1 rings (SSSR count). The van der Waals surface area contributed by atoms with Crippen LogP contribution in [0, 0.1) is 0 Å². The van der Waals surface area contributed by atoms with Crippen molar-refractivity contribution in [3.63, 3.8) is 0 Å². The second-order valence-corrected chi connectivity index (χ2v) is 7.70. The quantitative estimate of drug-likeness (QED) is 0.534. The third-order valence-corrected chi connectivity index (χ3v) is 6.65. The summed E-state index contributed by atoms with van der Waals surface area (Å²) in [5.74, 6) is 2.09. The molecule has 7 heteroatoms. The van der Waals surface area contributed by atoms with Gasteiger partial charge in [-0.05, 0) is 39.3 Å². The molecule has 0 aliphatic rings. The Hall–Kier alpha value is -1.28. The van der Waals surface area contributed by atoms with Gasteiger partial charge in [-0.3, -0.25) is 0 Å². The molecule has 0 aromatic heterocycles. The van der Waals surface area contributed by atoms with Crippen molar-refractivity contribution in [3.05, 3.63) is 17.7 Å². The summed E-state index contributed by atoms with van der Waals surface area (Å²) >= 11 is 0. The van der Waals surface area contributed by atoms with E-state index in [4.69, 9.17) is 27.5 Å². The summed E-state index contributed by atoms with van der Waals surface area (Å²) in [4.78, 5) is 0. The van der Waals surface area contributed by atoms with Gasteiger partial charge >= 0.3 is 8.80 Å². The molecule has 0 atom stereocenters. The highest BCUT2D eigenvalue weighted by Crippen LogP contribution is 2.39. The Morgan fingerprint density at radius 1 is 0.750 bits per heavy atom. The molecule has 24 heavy (non-hydrogen) atoms. The Balaban J connectivity index is 3.12. The highest BCUT2D eigenvalue weighted by Gasteiger charge is 2.40. The first-order valence-electron chi connectivity index (χ1n) is 8.30. The standard InChI is InChI=1S/C17H30O6Si/c1-7-21-24(22-8-2,23-9-3)13-12-14-15(18-4)10-11-16(19-5)17(14)20-6/h10-11H,7-9,12-13H2,1-6H3. The SMILES string of the molecule is CCO[Si](CCc1c(OC)ccc(OC)c1OC)(OCC)OCC. The molecule has 0 aliphatic carbocycles. The number of methoxy groups -OCH3 is 3. The summed E-state index contributed by atoms with van der Waals surface area (Å²) in [6, 6.07) is 4.35. The Bertz CT molecular complexity index is 477. The van der Waals surface area contributed by atoms with Gasteiger partial charge in [-0.15, -0.1) is 0 Å². The van der Waals surface area contributed by atoms with Gasteiger partial charge in [-0.2, -0.15) is 0 Å². The van der Waals surface area contributed by atoms with Gasteiger partial charge < -0.3 is 27.5 Å². The van der Waals surface area contributed by atoms with Crippen LogP contribution in [0.3, 0.4) is 0 Å². The molecule has 138 valence electrons. The summed E-state index contributed by atoms with van der Waals surface area (Å²) in [6.07, 6.45) is 0.649. The molecule has 0 aliphatic heterocycles. The van der Waals surface area contributed by atoms with Gasteiger partial charge in [-0.25, -0.2) is 0 Å². The zero-order valence-electron chi connectivity index (χ0n) is 15.6. The van der Waals surface area contributed by atoms with Gasteiger partial charge in [0, 0.05) is 31.4 Å². The molecule has 0 unspecified atom stereocenters. The molecular formula is C17H30O6Si. The van der Waals surface area contributed by atoms with E-state index in [2.05, 4.69) is 0 Å². The van der Waals surface area contributed by atoms with Gasteiger partial charge in [0.1, 0.15) is 5.75 Å². The molecule has 0 spiro atoms. The van der Waals surface area contributed by atoms with Gasteiger partial charge in [0.15, 0.2) is 11.5 Å². The van der Waals surface area contributed by atoms with Crippen LogP contribution in [-0.2, 0) is 19.7 Å². The highest BCUT2D eigenvalue weighted by atomic mass is 28.4. The van der Waals surface area contributed by atoms with E-state index in [0.717, 1.165) is 11.3 Å². The van der Waals surface area contributed by atoms with Gasteiger partial charge in [0.2, 0.25) is 0 Å². The summed E-state index contributed by atoms with van der Waals surface area (Å²) < 4.78 is 34.2. The fraction of sp³-hybridized carbons (Fsp3) is 0.647. The van der Waals surface area contributed by atoms with Crippen LogP contribution in [0.15, 0.2) is 12.1 Å². The predicted molar refractivity (Wildman–Crippen MR) is 95.2 cm³/mol. The topological polar surface area (TPSA) is 55.4 Å². The van der Waals surface area contributed by atoms with E-state index in [-0.39, 0.29) is 0 Å². The fourth-order valence-electron chi connectivity index (χ4n) is 2.68. The van der Waals surface area contributed by atoms with E-state index in [1.54, 1.807) is 21.3 Å². The summed E-state index contributed by atoms with van der Waals surface area (Å²) in [7, 11) is 2.16. The van der Waals surface area contributed by atoms with Crippen LogP contribution in [0.1, 0.15) is 26.3 Å². The first-order chi connectivity index (χ1) is 11.6. The zero-order chi connectivity index (χ0) is 18.0. The summed E-state index contributed by atoms with van der Waals surface area (Å²) in [6.45, 7) is 7.52. The maximum atomic E-state index is 5.92. The number of ether oxygens (including phenoxy) is 3. The van der Waals surface area contributed by atoms with E-state index >= 15 is 0 Å². The summed E-state index contributed by atoms with van der Waals surface area (Å²) in [5, 5.41) is 0. The Labute approximate surface area is 146 Å². The molecule has 0 amide bonds. The minimum Gasteiger partial charge on any atom is -0.496 e. The second kappa shape index (κ2) is 10.6. The summed E-state index contributed by atoms with van der Waals surface area (Å²) in [5.41, 5.74) is 0.926. The largest absolute Gasteiger partial charge is 0.501 e. The Morgan fingerprint density at radius 3 is 1.67 bits per heavy atom. The molecule has 0 N–H and O–H groups in total. The zero-order valence-corrected chi connectivity index (χ0v) is 16.6. The lowest BCUT2D eigenvalue weighted by Gasteiger charge is -2.29. The van der Waals surface area contributed by atoms with E-state index < -0.39 is 8.80 Å². The van der Waals surface area contributed by atoms with E-state index in [9.17, 15) is 0 Å². The van der Waals surface area contributed by atoms with Gasteiger partial charge in [0.25, 0.3) is 0 Å². The average molecular weight is 359 g/mol. The van der Waals surface area contributed by atoms with Crippen LogP contribution >= 0.6 is 0 Å². The third-order valence-electron chi connectivity index (χ3n) is 3.60. The van der Waals surface area contributed by atoms with Crippen molar-refractivity contribution in [2.24, 2.45) is 0 Å². The van der Waals surface area contributed by atoms with Crippen molar-refractivity contribution in [3.8, 4) is 17.2 Å². The van der Waals surface area contributed by atoms with E-state index in [1.807, 2.05) is 32.9 Å². The average Bonchev–Trinajstić information content (AvgIpc) is 2.59. The molecule has 1 aromatic rings. The number of hydrogen-bond donors (Lipinski definition) is 0. The van der Waals surface area contributed by atoms with Crippen LogP contribution in [0.5, 0.6) is 17.2 Å². The lowest BCUT2D eigenvalue weighted by molar-refractivity contribution is 0.0713. The first-order valence-corrected chi connectivity index (χ1v) is 10.2. The first kappa shape index (κ1) is 20.8. The molecule has 0 fully saturated rings. The second-order valence-electron chi connectivity index (χ2n) is 4.96. The molecule has 0 bridgehead atoms. The smallest absolute Gasteiger partial charge is 0.496 e. The molecule has 0 heterocycles. The molecule has 0 saturated carbocycles. The van der Waals surface area contributed by atoms with Crippen molar-refractivity contribution in [2.75, 3.05) is 41.2 Å². The van der Waals surface area contributed by atoms with E-state index in [1.165, 1.54) is 0 Å². The molecule has 0 radical (unpaired) electrons. The van der Waals surface area contributed by atoms with Crippen LogP contribution in [0.4, 0.5) is 0 Å². The highest BCUT2D eigenvalue weighted by molar-refractivity contribution is 6.60. The number of rotatable bonds is 12. The lowest BCUT2D eigenvalue weighted by atomic mass is 10.1. The molecule has 1 aromatic carbocycles. The monoisotopic (exact) mass is 358 g/mol. The number of hydrogen-bond acceptors (Lipinski definition) is 6. The molecule has 6 nitrogen and oxygen atoms in total. The van der Waals surface area contributed by atoms with Crippen LogP contribution in [-0.4, -0.2) is 50.0 Å². The number of benzene rings is 1. The molecule has 0 saturated heterocycles. The molecular weight excluding hydrogens is 328 g/mol. The fourth-order valence-corrected chi connectivity index (χ4v) is 5.24. The van der Waals surface area contributed by atoms with Gasteiger partial charge in [0.05, 0.1) is 21.3 Å². The van der Waals surface area contributed by atoms with Crippen LogP contribution in [0.2, 0.25) is 6.04 Å².